The fourth-order valence-electron chi connectivity index (χ4n) is 2.16. The fraction of sp³-hybridized carbons (Fsp3) is 0.571. The molecule has 0 bridgehead atoms. The summed E-state index contributed by atoms with van der Waals surface area (Å²) < 4.78 is 12.9. The molecule has 0 amide bonds. The van der Waals surface area contributed by atoms with Gasteiger partial charge in [-0.2, -0.15) is 0 Å². The first kappa shape index (κ1) is 12.8. The van der Waals surface area contributed by atoms with Crippen molar-refractivity contribution in [1.82, 2.24) is 5.32 Å². The number of hydrogen-bond donors (Lipinski definition) is 1. The first-order valence-electron chi connectivity index (χ1n) is 6.25. The van der Waals surface area contributed by atoms with Gasteiger partial charge in [0.05, 0.1) is 0 Å². The van der Waals surface area contributed by atoms with Gasteiger partial charge in [0.15, 0.2) is 0 Å². The molecule has 17 heavy (non-hydrogen) atoms. The van der Waals surface area contributed by atoms with Crippen LogP contribution >= 0.6 is 11.6 Å². The van der Waals surface area contributed by atoms with Crippen LogP contribution in [0, 0.1) is 11.2 Å². The Morgan fingerprint density at radius 1 is 1.47 bits per heavy atom. The third kappa shape index (κ3) is 2.99. The van der Waals surface area contributed by atoms with E-state index >= 15 is 0 Å². The van der Waals surface area contributed by atoms with E-state index in [-0.39, 0.29) is 11.9 Å². The first-order valence-corrected chi connectivity index (χ1v) is 6.62. The van der Waals surface area contributed by atoms with Crippen molar-refractivity contribution in [2.45, 2.75) is 39.2 Å². The van der Waals surface area contributed by atoms with E-state index in [1.807, 2.05) is 0 Å². The summed E-state index contributed by atoms with van der Waals surface area (Å²) in [7, 11) is 0. The number of nitrogens with one attached hydrogen (secondary N) is 1. The standard InChI is InChI=1S/C14H19ClFN/c1-3-14(6-7-14)9-17-10(2)12-5-4-11(16)8-13(12)15/h4-5,8,10,17H,3,6-7,9H2,1-2H3. The molecule has 1 aliphatic rings. The van der Waals surface area contributed by atoms with Crippen molar-refractivity contribution in [3.8, 4) is 0 Å². The van der Waals surface area contributed by atoms with Gasteiger partial charge in [-0.05, 0) is 49.3 Å². The monoisotopic (exact) mass is 255 g/mol. The molecular formula is C14H19ClFN. The molecule has 1 aromatic carbocycles. The zero-order chi connectivity index (χ0) is 12.5. The van der Waals surface area contributed by atoms with E-state index in [0.717, 1.165) is 12.1 Å². The van der Waals surface area contributed by atoms with Gasteiger partial charge in [0.2, 0.25) is 0 Å². The molecule has 0 spiro atoms. The Bertz CT molecular complexity index is 401. The van der Waals surface area contributed by atoms with Crippen molar-refractivity contribution in [2.24, 2.45) is 5.41 Å². The molecule has 94 valence electrons. The fourth-order valence-corrected chi connectivity index (χ4v) is 2.50. The molecule has 1 N–H and O–H groups in total. The zero-order valence-corrected chi connectivity index (χ0v) is 11.1. The van der Waals surface area contributed by atoms with Gasteiger partial charge < -0.3 is 5.32 Å². The number of benzene rings is 1. The van der Waals surface area contributed by atoms with E-state index in [0.29, 0.717) is 10.4 Å². The van der Waals surface area contributed by atoms with Crippen LogP contribution in [0.15, 0.2) is 18.2 Å². The van der Waals surface area contributed by atoms with E-state index in [2.05, 4.69) is 19.2 Å². The van der Waals surface area contributed by atoms with Crippen molar-refractivity contribution >= 4 is 11.6 Å². The minimum Gasteiger partial charge on any atom is -0.310 e. The predicted octanol–water partition coefficient (Wildman–Crippen LogP) is 4.32. The van der Waals surface area contributed by atoms with Gasteiger partial charge in [0.1, 0.15) is 5.82 Å². The summed E-state index contributed by atoms with van der Waals surface area (Å²) in [6, 6.07) is 4.78. The number of halogens is 2. The lowest BCUT2D eigenvalue weighted by Crippen LogP contribution is -2.26. The van der Waals surface area contributed by atoms with Crippen LogP contribution in [-0.2, 0) is 0 Å². The molecule has 1 unspecified atom stereocenters. The molecule has 0 saturated heterocycles. The molecule has 1 fully saturated rings. The Morgan fingerprint density at radius 2 is 2.18 bits per heavy atom. The van der Waals surface area contributed by atoms with Gasteiger partial charge in [-0.1, -0.05) is 24.6 Å². The second-order valence-electron chi connectivity index (χ2n) is 5.12. The minimum atomic E-state index is -0.279. The van der Waals surface area contributed by atoms with Crippen molar-refractivity contribution in [2.75, 3.05) is 6.54 Å². The maximum absolute atomic E-state index is 12.9. The molecule has 0 aliphatic heterocycles. The van der Waals surface area contributed by atoms with Crippen LogP contribution in [0.1, 0.15) is 44.7 Å². The predicted molar refractivity (Wildman–Crippen MR) is 69.8 cm³/mol. The van der Waals surface area contributed by atoms with Crippen molar-refractivity contribution in [3.05, 3.63) is 34.6 Å². The third-order valence-corrected chi connectivity index (χ3v) is 4.25. The largest absolute Gasteiger partial charge is 0.310 e. The van der Waals surface area contributed by atoms with Crippen molar-refractivity contribution in [1.29, 1.82) is 0 Å². The topological polar surface area (TPSA) is 12.0 Å². The summed E-state index contributed by atoms with van der Waals surface area (Å²) in [4.78, 5) is 0. The van der Waals surface area contributed by atoms with E-state index in [4.69, 9.17) is 11.6 Å². The number of rotatable bonds is 5. The smallest absolute Gasteiger partial charge is 0.124 e. The Hall–Kier alpha value is -0.600. The van der Waals surface area contributed by atoms with E-state index < -0.39 is 0 Å². The molecule has 0 radical (unpaired) electrons. The summed E-state index contributed by atoms with van der Waals surface area (Å²) in [5, 5.41) is 4.01. The lowest BCUT2D eigenvalue weighted by atomic mass is 10.0. The summed E-state index contributed by atoms with van der Waals surface area (Å²) >= 11 is 6.04. The van der Waals surface area contributed by atoms with Crippen molar-refractivity contribution in [3.63, 3.8) is 0 Å². The maximum atomic E-state index is 12.9. The molecule has 2 rings (SSSR count). The molecule has 0 heterocycles. The molecule has 1 aliphatic carbocycles. The Kier molecular flexibility index (Phi) is 3.74. The van der Waals surface area contributed by atoms with Gasteiger partial charge in [-0.15, -0.1) is 0 Å². The van der Waals surface area contributed by atoms with E-state index in [1.54, 1.807) is 6.07 Å². The molecule has 1 aromatic rings. The Morgan fingerprint density at radius 3 is 2.71 bits per heavy atom. The zero-order valence-electron chi connectivity index (χ0n) is 10.4. The van der Waals surface area contributed by atoms with Gasteiger partial charge in [0, 0.05) is 17.6 Å². The molecule has 3 heteroatoms. The van der Waals surface area contributed by atoms with Crippen LogP contribution in [0.3, 0.4) is 0 Å². The van der Waals surface area contributed by atoms with Crippen LogP contribution in [0.2, 0.25) is 5.02 Å². The van der Waals surface area contributed by atoms with Crippen LogP contribution in [-0.4, -0.2) is 6.54 Å². The lowest BCUT2D eigenvalue weighted by Gasteiger charge is -2.20. The Labute approximate surface area is 107 Å². The minimum absolute atomic E-state index is 0.173. The van der Waals surface area contributed by atoms with Gasteiger partial charge in [-0.25, -0.2) is 4.39 Å². The highest BCUT2D eigenvalue weighted by Gasteiger charge is 2.40. The normalized spacial score (nSPS) is 19.1. The van der Waals surface area contributed by atoms with Crippen LogP contribution in [0.25, 0.3) is 0 Å². The van der Waals surface area contributed by atoms with E-state index in [1.165, 1.54) is 31.4 Å². The highest BCUT2D eigenvalue weighted by molar-refractivity contribution is 6.31. The summed E-state index contributed by atoms with van der Waals surface area (Å²) in [6.07, 6.45) is 3.87. The highest BCUT2D eigenvalue weighted by Crippen LogP contribution is 2.48. The Balaban J connectivity index is 1.97. The average molecular weight is 256 g/mol. The van der Waals surface area contributed by atoms with Gasteiger partial charge in [0.25, 0.3) is 0 Å². The van der Waals surface area contributed by atoms with Gasteiger partial charge in [-0.3, -0.25) is 0 Å². The number of hydrogen-bond acceptors (Lipinski definition) is 1. The summed E-state index contributed by atoms with van der Waals surface area (Å²) in [5.41, 5.74) is 1.49. The second-order valence-corrected chi connectivity index (χ2v) is 5.53. The molecule has 0 aromatic heterocycles. The van der Waals surface area contributed by atoms with E-state index in [9.17, 15) is 4.39 Å². The molecule has 1 saturated carbocycles. The van der Waals surface area contributed by atoms with Crippen molar-refractivity contribution < 1.29 is 4.39 Å². The SMILES string of the molecule is CCC1(CNC(C)c2ccc(F)cc2Cl)CC1. The highest BCUT2D eigenvalue weighted by atomic mass is 35.5. The summed E-state index contributed by atoms with van der Waals surface area (Å²) in [5.74, 6) is -0.279. The molecular weight excluding hydrogens is 237 g/mol. The quantitative estimate of drug-likeness (QED) is 0.826. The lowest BCUT2D eigenvalue weighted by molar-refractivity contribution is 0.415. The maximum Gasteiger partial charge on any atom is 0.124 e. The third-order valence-electron chi connectivity index (χ3n) is 3.92. The summed E-state index contributed by atoms with van der Waals surface area (Å²) in [6.45, 7) is 5.34. The van der Waals surface area contributed by atoms with Gasteiger partial charge >= 0.3 is 0 Å². The average Bonchev–Trinajstić information content (AvgIpc) is 3.07. The molecule has 1 atom stereocenters. The van der Waals surface area contributed by atoms with Crippen LogP contribution in [0.4, 0.5) is 4.39 Å². The second kappa shape index (κ2) is 4.95. The molecule has 1 nitrogen and oxygen atoms in total. The van der Waals surface area contributed by atoms with Crippen LogP contribution < -0.4 is 5.32 Å². The first-order chi connectivity index (χ1) is 8.06. The van der Waals surface area contributed by atoms with Crippen LogP contribution in [0.5, 0.6) is 0 Å².